The van der Waals surface area contributed by atoms with E-state index in [1.807, 2.05) is 11.8 Å². The van der Waals surface area contributed by atoms with Crippen LogP contribution in [0.1, 0.15) is 19.3 Å². The number of fused-ring (bicyclic) bond motifs is 1. The van der Waals surface area contributed by atoms with Gasteiger partial charge in [-0.1, -0.05) is 18.2 Å². The third-order valence-electron chi connectivity index (χ3n) is 4.85. The van der Waals surface area contributed by atoms with Crippen LogP contribution in [0.3, 0.4) is 0 Å². The van der Waals surface area contributed by atoms with Gasteiger partial charge in [-0.15, -0.1) is 11.8 Å². The van der Waals surface area contributed by atoms with Crippen molar-refractivity contribution < 1.29 is 0 Å². The minimum Gasteiger partial charge on any atom is -0.303 e. The molecule has 3 rings (SSSR count). The lowest BCUT2D eigenvalue weighted by Gasteiger charge is -2.46. The molecular formula is C17H26N2S. The van der Waals surface area contributed by atoms with E-state index >= 15 is 0 Å². The number of hydrogen-bond acceptors (Lipinski definition) is 3. The summed E-state index contributed by atoms with van der Waals surface area (Å²) < 4.78 is 0. The lowest BCUT2D eigenvalue weighted by atomic mass is 9.84. The van der Waals surface area contributed by atoms with Crippen molar-refractivity contribution in [2.75, 3.05) is 39.0 Å². The van der Waals surface area contributed by atoms with Crippen molar-refractivity contribution in [2.45, 2.75) is 30.2 Å². The fourth-order valence-electron chi connectivity index (χ4n) is 3.74. The highest BCUT2D eigenvalue weighted by Gasteiger charge is 2.33. The lowest BCUT2D eigenvalue weighted by molar-refractivity contribution is 0.0413. The highest BCUT2D eigenvalue weighted by Crippen LogP contribution is 2.29. The minimum atomic E-state index is 0.863. The maximum atomic E-state index is 2.69. The van der Waals surface area contributed by atoms with Crippen molar-refractivity contribution in [3.8, 4) is 0 Å². The van der Waals surface area contributed by atoms with Crippen molar-refractivity contribution in [3.63, 3.8) is 0 Å². The zero-order valence-corrected chi connectivity index (χ0v) is 13.3. The van der Waals surface area contributed by atoms with Crippen LogP contribution in [-0.4, -0.2) is 54.8 Å². The van der Waals surface area contributed by atoms with Crippen molar-refractivity contribution >= 4 is 11.8 Å². The molecule has 2 fully saturated rings. The van der Waals surface area contributed by atoms with E-state index in [-0.39, 0.29) is 0 Å². The Balaban J connectivity index is 1.43. The largest absolute Gasteiger partial charge is 0.303 e. The molecule has 2 atom stereocenters. The molecule has 20 heavy (non-hydrogen) atoms. The summed E-state index contributed by atoms with van der Waals surface area (Å²) in [6.45, 7) is 5.17. The van der Waals surface area contributed by atoms with Crippen LogP contribution in [0.4, 0.5) is 0 Å². The first kappa shape index (κ1) is 14.4. The van der Waals surface area contributed by atoms with Crippen molar-refractivity contribution in [1.82, 2.24) is 9.80 Å². The normalized spacial score (nSPS) is 28.2. The molecule has 3 heteroatoms. The van der Waals surface area contributed by atoms with Crippen LogP contribution in [0.25, 0.3) is 0 Å². The molecule has 110 valence electrons. The van der Waals surface area contributed by atoms with Gasteiger partial charge in [0, 0.05) is 29.8 Å². The van der Waals surface area contributed by atoms with Crippen molar-refractivity contribution in [2.24, 2.45) is 5.92 Å². The van der Waals surface area contributed by atoms with Crippen LogP contribution in [-0.2, 0) is 0 Å². The fraction of sp³-hybridized carbons (Fsp3) is 0.647. The maximum absolute atomic E-state index is 2.69. The number of likely N-dealkylation sites (tertiary alicyclic amines) is 2. The third kappa shape index (κ3) is 3.57. The number of nitrogens with zero attached hydrogens (tertiary/aromatic N) is 2. The van der Waals surface area contributed by atoms with E-state index in [4.69, 9.17) is 0 Å². The van der Waals surface area contributed by atoms with E-state index in [2.05, 4.69) is 47.2 Å². The van der Waals surface area contributed by atoms with E-state index in [1.165, 1.54) is 56.1 Å². The summed E-state index contributed by atoms with van der Waals surface area (Å²) >= 11 is 1.99. The first-order chi connectivity index (χ1) is 9.83. The van der Waals surface area contributed by atoms with E-state index in [1.54, 1.807) is 0 Å². The van der Waals surface area contributed by atoms with Crippen LogP contribution >= 0.6 is 11.8 Å². The molecule has 1 aromatic rings. The molecule has 2 aliphatic heterocycles. The number of rotatable bonds is 4. The van der Waals surface area contributed by atoms with Gasteiger partial charge < -0.3 is 9.80 Å². The quantitative estimate of drug-likeness (QED) is 0.786. The van der Waals surface area contributed by atoms with Gasteiger partial charge in [0.05, 0.1) is 0 Å². The molecule has 2 unspecified atom stereocenters. The molecule has 0 bridgehead atoms. The smallest absolute Gasteiger partial charge is 0.0145 e. The number of hydrogen-bond donors (Lipinski definition) is 0. The Morgan fingerprint density at radius 2 is 2.00 bits per heavy atom. The number of benzene rings is 1. The van der Waals surface area contributed by atoms with Gasteiger partial charge in [0.25, 0.3) is 0 Å². The van der Waals surface area contributed by atoms with Crippen LogP contribution in [0.2, 0.25) is 0 Å². The molecule has 0 radical (unpaired) electrons. The Bertz CT molecular complexity index is 409. The molecule has 2 saturated heterocycles. The average Bonchev–Trinajstić information content (AvgIpc) is 2.48. The summed E-state index contributed by atoms with van der Waals surface area (Å²) in [5.74, 6) is 2.14. The highest BCUT2D eigenvalue weighted by atomic mass is 32.2. The molecule has 2 aliphatic rings. The van der Waals surface area contributed by atoms with E-state index in [9.17, 15) is 0 Å². The van der Waals surface area contributed by atoms with Gasteiger partial charge >= 0.3 is 0 Å². The Hall–Kier alpha value is -0.510. The van der Waals surface area contributed by atoms with E-state index in [0.29, 0.717) is 0 Å². The Labute approximate surface area is 127 Å². The molecule has 0 aliphatic carbocycles. The van der Waals surface area contributed by atoms with Gasteiger partial charge in [-0.3, -0.25) is 0 Å². The molecule has 0 amide bonds. The molecular weight excluding hydrogens is 264 g/mol. The summed E-state index contributed by atoms with van der Waals surface area (Å²) in [7, 11) is 2.32. The second-order valence-electron chi connectivity index (χ2n) is 6.20. The van der Waals surface area contributed by atoms with Crippen molar-refractivity contribution in [3.05, 3.63) is 30.3 Å². The van der Waals surface area contributed by atoms with Gasteiger partial charge in [-0.05, 0) is 57.5 Å². The predicted octanol–water partition coefficient (Wildman–Crippen LogP) is 3.19. The first-order valence-corrected chi connectivity index (χ1v) is 8.92. The van der Waals surface area contributed by atoms with Crippen LogP contribution in [0, 0.1) is 5.92 Å². The van der Waals surface area contributed by atoms with Crippen LogP contribution in [0.5, 0.6) is 0 Å². The minimum absolute atomic E-state index is 0.863. The summed E-state index contributed by atoms with van der Waals surface area (Å²) in [5.41, 5.74) is 0. The molecule has 0 spiro atoms. The number of thioether (sulfide) groups is 1. The molecule has 2 heterocycles. The van der Waals surface area contributed by atoms with Gasteiger partial charge in [-0.2, -0.15) is 0 Å². The molecule has 0 saturated carbocycles. The zero-order chi connectivity index (χ0) is 13.8. The van der Waals surface area contributed by atoms with E-state index < -0.39 is 0 Å². The molecule has 2 nitrogen and oxygen atoms in total. The maximum Gasteiger partial charge on any atom is 0.0145 e. The van der Waals surface area contributed by atoms with Gasteiger partial charge in [0.1, 0.15) is 0 Å². The molecule has 0 N–H and O–H groups in total. The average molecular weight is 290 g/mol. The van der Waals surface area contributed by atoms with Gasteiger partial charge in [-0.25, -0.2) is 0 Å². The predicted molar refractivity (Wildman–Crippen MR) is 87.4 cm³/mol. The van der Waals surface area contributed by atoms with Gasteiger partial charge in [0.2, 0.25) is 0 Å². The molecule has 1 aromatic carbocycles. The summed E-state index contributed by atoms with van der Waals surface area (Å²) in [6, 6.07) is 11.6. The van der Waals surface area contributed by atoms with Crippen LogP contribution < -0.4 is 0 Å². The SMILES string of the molecule is CN1CCCC2CN(CCSc3ccccc3)CCC21. The second-order valence-corrected chi connectivity index (χ2v) is 7.37. The third-order valence-corrected chi connectivity index (χ3v) is 5.84. The Kier molecular flexibility index (Phi) is 5.03. The Morgan fingerprint density at radius 3 is 2.85 bits per heavy atom. The standard InChI is InChI=1S/C17H26N2S/c1-18-10-5-6-15-14-19(11-9-17(15)18)12-13-20-16-7-3-2-4-8-16/h2-4,7-8,15,17H,5-6,9-14H2,1H3. The second kappa shape index (κ2) is 6.97. The van der Waals surface area contributed by atoms with E-state index in [0.717, 1.165) is 12.0 Å². The first-order valence-electron chi connectivity index (χ1n) is 7.93. The zero-order valence-electron chi connectivity index (χ0n) is 12.5. The Morgan fingerprint density at radius 1 is 1.15 bits per heavy atom. The summed E-state index contributed by atoms with van der Waals surface area (Å²) in [6.07, 6.45) is 4.21. The topological polar surface area (TPSA) is 6.48 Å². The van der Waals surface area contributed by atoms with Crippen molar-refractivity contribution in [1.29, 1.82) is 0 Å². The number of piperidine rings is 2. The highest BCUT2D eigenvalue weighted by molar-refractivity contribution is 7.99. The monoisotopic (exact) mass is 290 g/mol. The fourth-order valence-corrected chi connectivity index (χ4v) is 4.67. The lowest BCUT2D eigenvalue weighted by Crippen LogP contribution is -2.52. The summed E-state index contributed by atoms with van der Waals surface area (Å²) in [5, 5.41) is 0. The summed E-state index contributed by atoms with van der Waals surface area (Å²) in [4.78, 5) is 6.69. The molecule has 0 aromatic heterocycles. The van der Waals surface area contributed by atoms with Gasteiger partial charge in [0.15, 0.2) is 0 Å². The van der Waals surface area contributed by atoms with Crippen LogP contribution in [0.15, 0.2) is 35.2 Å².